The van der Waals surface area contributed by atoms with E-state index in [2.05, 4.69) is 43.1 Å². The van der Waals surface area contributed by atoms with E-state index in [4.69, 9.17) is 4.74 Å². The van der Waals surface area contributed by atoms with Gasteiger partial charge in [-0.05, 0) is 23.3 Å². The zero-order valence-electron chi connectivity index (χ0n) is 10.4. The average Bonchev–Trinajstić information content (AvgIpc) is 2.66. The molecule has 0 aliphatic carbocycles. The molecule has 0 N–H and O–H groups in total. The van der Waals surface area contributed by atoms with Gasteiger partial charge in [0.05, 0.1) is 13.2 Å². The largest absolute Gasteiger partial charge is 0.492 e. The summed E-state index contributed by atoms with van der Waals surface area (Å²) in [7, 11) is 0. The van der Waals surface area contributed by atoms with Crippen molar-refractivity contribution in [1.29, 1.82) is 0 Å². The van der Waals surface area contributed by atoms with Gasteiger partial charge in [0.1, 0.15) is 5.75 Å². The molecule has 0 unspecified atom stereocenters. The summed E-state index contributed by atoms with van der Waals surface area (Å²) in [6.45, 7) is 6.07. The van der Waals surface area contributed by atoms with Crippen molar-refractivity contribution < 1.29 is 4.74 Å². The first-order valence-electron chi connectivity index (χ1n) is 6.12. The summed E-state index contributed by atoms with van der Waals surface area (Å²) >= 11 is 0. The van der Waals surface area contributed by atoms with Crippen LogP contribution in [0.5, 0.6) is 5.75 Å². The fourth-order valence-electron chi connectivity index (χ4n) is 2.44. The predicted octanol–water partition coefficient (Wildman–Crippen LogP) is 3.21. The van der Waals surface area contributed by atoms with E-state index in [0.717, 1.165) is 25.3 Å². The number of allylic oxidation sites excluding steroid dienone is 1. The van der Waals surface area contributed by atoms with Crippen molar-refractivity contribution >= 4 is 11.8 Å². The molecule has 0 atom stereocenters. The summed E-state index contributed by atoms with van der Waals surface area (Å²) in [4.78, 5) is 4.23. The van der Waals surface area contributed by atoms with Crippen LogP contribution in [0.1, 0.15) is 31.4 Å². The number of ether oxygens (including phenoxy) is 1. The average molecular weight is 227 g/mol. The number of dihydropyridines is 1. The molecular weight excluding hydrogens is 210 g/mol. The zero-order chi connectivity index (χ0) is 11.9. The maximum Gasteiger partial charge on any atom is 0.123 e. The third-order valence-electron chi connectivity index (χ3n) is 3.55. The first-order valence-corrected chi connectivity index (χ1v) is 6.12. The maximum atomic E-state index is 5.71. The highest BCUT2D eigenvalue weighted by Gasteiger charge is 2.31. The standard InChI is InChI=1S/C15H17NO/c1-15(2)10-17-14-4-3-12(9-13(14)15)11-5-7-16-8-6-11/h3-5,8-9H,6-7,10H2,1-2H3. The van der Waals surface area contributed by atoms with Crippen LogP contribution in [0, 0.1) is 0 Å². The van der Waals surface area contributed by atoms with Gasteiger partial charge in [-0.25, -0.2) is 0 Å². The van der Waals surface area contributed by atoms with Gasteiger partial charge in [-0.15, -0.1) is 0 Å². The normalized spacial score (nSPS) is 20.7. The molecule has 2 aliphatic heterocycles. The molecule has 0 bridgehead atoms. The van der Waals surface area contributed by atoms with Gasteiger partial charge in [0.2, 0.25) is 0 Å². The summed E-state index contributed by atoms with van der Waals surface area (Å²) in [5.41, 5.74) is 4.16. The molecule has 2 aliphatic rings. The van der Waals surface area contributed by atoms with Crippen LogP contribution in [0.3, 0.4) is 0 Å². The van der Waals surface area contributed by atoms with E-state index in [1.807, 2.05) is 6.21 Å². The maximum absolute atomic E-state index is 5.71. The molecule has 0 amide bonds. The molecule has 0 spiro atoms. The van der Waals surface area contributed by atoms with Crippen molar-refractivity contribution in [3.8, 4) is 5.75 Å². The monoisotopic (exact) mass is 227 g/mol. The molecule has 2 heterocycles. The number of benzene rings is 1. The number of hydrogen-bond acceptors (Lipinski definition) is 2. The minimum absolute atomic E-state index is 0.134. The van der Waals surface area contributed by atoms with Crippen molar-refractivity contribution in [3.05, 3.63) is 35.4 Å². The highest BCUT2D eigenvalue weighted by molar-refractivity contribution is 5.82. The van der Waals surface area contributed by atoms with E-state index < -0.39 is 0 Å². The molecule has 0 radical (unpaired) electrons. The summed E-state index contributed by atoms with van der Waals surface area (Å²) in [6.07, 6.45) is 5.16. The van der Waals surface area contributed by atoms with E-state index in [0.29, 0.717) is 0 Å². The minimum atomic E-state index is 0.134. The number of aliphatic imine (C=N–C) groups is 1. The van der Waals surface area contributed by atoms with Crippen molar-refractivity contribution in [1.82, 2.24) is 0 Å². The zero-order valence-corrected chi connectivity index (χ0v) is 10.4. The quantitative estimate of drug-likeness (QED) is 0.722. The Morgan fingerprint density at radius 1 is 1.29 bits per heavy atom. The Kier molecular flexibility index (Phi) is 2.32. The van der Waals surface area contributed by atoms with Crippen molar-refractivity contribution in [2.45, 2.75) is 25.7 Å². The lowest BCUT2D eigenvalue weighted by molar-refractivity contribution is 0.291. The second-order valence-corrected chi connectivity index (χ2v) is 5.36. The van der Waals surface area contributed by atoms with Gasteiger partial charge in [-0.1, -0.05) is 26.0 Å². The second kappa shape index (κ2) is 3.73. The SMILES string of the molecule is CC1(C)COc2ccc(C3=CCN=CC3)cc21. The molecule has 2 nitrogen and oxygen atoms in total. The van der Waals surface area contributed by atoms with Crippen LogP contribution in [0.4, 0.5) is 0 Å². The molecule has 0 fully saturated rings. The number of hydrogen-bond donors (Lipinski definition) is 0. The van der Waals surface area contributed by atoms with Gasteiger partial charge in [0, 0.05) is 23.6 Å². The van der Waals surface area contributed by atoms with Crippen LogP contribution in [0.25, 0.3) is 5.57 Å². The fraction of sp³-hybridized carbons (Fsp3) is 0.400. The van der Waals surface area contributed by atoms with E-state index >= 15 is 0 Å². The third-order valence-corrected chi connectivity index (χ3v) is 3.55. The van der Waals surface area contributed by atoms with Crippen molar-refractivity contribution in [3.63, 3.8) is 0 Å². The van der Waals surface area contributed by atoms with Gasteiger partial charge >= 0.3 is 0 Å². The van der Waals surface area contributed by atoms with Crippen LogP contribution < -0.4 is 4.74 Å². The molecule has 3 rings (SSSR count). The predicted molar refractivity (Wildman–Crippen MR) is 70.9 cm³/mol. The van der Waals surface area contributed by atoms with Crippen LogP contribution >= 0.6 is 0 Å². The Morgan fingerprint density at radius 2 is 2.18 bits per heavy atom. The molecular formula is C15H17NO. The molecule has 1 aromatic carbocycles. The number of rotatable bonds is 1. The summed E-state index contributed by atoms with van der Waals surface area (Å²) in [5, 5.41) is 0. The second-order valence-electron chi connectivity index (χ2n) is 5.36. The van der Waals surface area contributed by atoms with Crippen LogP contribution in [-0.4, -0.2) is 19.4 Å². The molecule has 0 saturated carbocycles. The molecule has 0 aromatic heterocycles. The Hall–Kier alpha value is -1.57. The van der Waals surface area contributed by atoms with Gasteiger partial charge in [0.15, 0.2) is 0 Å². The van der Waals surface area contributed by atoms with Crippen LogP contribution in [0.2, 0.25) is 0 Å². The van der Waals surface area contributed by atoms with Gasteiger partial charge in [0.25, 0.3) is 0 Å². The fourth-order valence-corrected chi connectivity index (χ4v) is 2.44. The summed E-state index contributed by atoms with van der Waals surface area (Å²) in [5.74, 6) is 1.05. The van der Waals surface area contributed by atoms with Crippen LogP contribution in [-0.2, 0) is 5.41 Å². The van der Waals surface area contributed by atoms with Crippen molar-refractivity contribution in [2.24, 2.45) is 4.99 Å². The lowest BCUT2D eigenvalue weighted by Gasteiger charge is -2.17. The molecule has 0 saturated heterocycles. The lowest BCUT2D eigenvalue weighted by Crippen LogP contribution is -2.18. The molecule has 1 aromatic rings. The topological polar surface area (TPSA) is 21.6 Å². The first-order chi connectivity index (χ1) is 8.17. The van der Waals surface area contributed by atoms with Gasteiger partial charge < -0.3 is 4.74 Å². The van der Waals surface area contributed by atoms with E-state index in [-0.39, 0.29) is 5.41 Å². The molecule has 17 heavy (non-hydrogen) atoms. The molecule has 88 valence electrons. The Balaban J connectivity index is 2.01. The van der Waals surface area contributed by atoms with Gasteiger partial charge in [-0.3, -0.25) is 4.99 Å². The van der Waals surface area contributed by atoms with E-state index in [1.165, 1.54) is 16.7 Å². The number of nitrogens with zero attached hydrogens (tertiary/aromatic N) is 1. The lowest BCUT2D eigenvalue weighted by atomic mass is 9.85. The van der Waals surface area contributed by atoms with E-state index in [1.54, 1.807) is 0 Å². The third kappa shape index (κ3) is 1.78. The van der Waals surface area contributed by atoms with Crippen molar-refractivity contribution in [2.75, 3.05) is 13.2 Å². The first kappa shape index (κ1) is 10.6. The molecule has 2 heteroatoms. The minimum Gasteiger partial charge on any atom is -0.492 e. The summed E-state index contributed by atoms with van der Waals surface area (Å²) in [6, 6.07) is 6.55. The van der Waals surface area contributed by atoms with Gasteiger partial charge in [-0.2, -0.15) is 0 Å². The number of fused-ring (bicyclic) bond motifs is 1. The smallest absolute Gasteiger partial charge is 0.123 e. The highest BCUT2D eigenvalue weighted by Crippen LogP contribution is 2.40. The Labute approximate surface area is 102 Å². The Bertz CT molecular complexity index is 512. The Morgan fingerprint density at radius 3 is 2.94 bits per heavy atom. The highest BCUT2D eigenvalue weighted by atomic mass is 16.5. The summed E-state index contributed by atoms with van der Waals surface area (Å²) < 4.78 is 5.71. The van der Waals surface area contributed by atoms with Crippen LogP contribution in [0.15, 0.2) is 29.3 Å². The van der Waals surface area contributed by atoms with E-state index in [9.17, 15) is 0 Å².